The van der Waals surface area contributed by atoms with Gasteiger partial charge in [0, 0.05) is 18.0 Å². The van der Waals surface area contributed by atoms with Crippen molar-refractivity contribution in [2.75, 3.05) is 0 Å². The number of aromatic amines is 1. The van der Waals surface area contributed by atoms with E-state index in [1.165, 1.54) is 16.3 Å². The second kappa shape index (κ2) is 4.77. The van der Waals surface area contributed by atoms with Crippen LogP contribution in [0.5, 0.6) is 0 Å². The van der Waals surface area contributed by atoms with Gasteiger partial charge in [-0.1, -0.05) is 12.1 Å². The highest BCUT2D eigenvalue weighted by Gasteiger charge is 2.06. The summed E-state index contributed by atoms with van der Waals surface area (Å²) in [6.07, 6.45) is 0. The van der Waals surface area contributed by atoms with Gasteiger partial charge in [0.05, 0.1) is 0 Å². The van der Waals surface area contributed by atoms with Gasteiger partial charge in [-0.2, -0.15) is 0 Å². The maximum Gasteiger partial charge on any atom is 0.343 e. The molecule has 6 heteroatoms. The number of hydrogen-bond donors (Lipinski definition) is 2. The quantitative estimate of drug-likeness (QED) is 0.860. The Morgan fingerprint density at radius 3 is 2.53 bits per heavy atom. The van der Waals surface area contributed by atoms with Crippen molar-refractivity contribution in [2.24, 2.45) is 12.8 Å². The van der Waals surface area contributed by atoms with Crippen LogP contribution < -0.4 is 11.4 Å². The molecule has 0 aliphatic rings. The molecule has 0 saturated heterocycles. The standard InChI is InChI=1S/C11H14N4OS/c1-7(12)8-3-5-9(6-4-8)17-11-14-13-10(16)15(11)2/h3-7H,12H2,1-2H3,(H,13,16)/t7-/m1/s1. The normalized spacial score (nSPS) is 12.6. The van der Waals surface area contributed by atoms with Crippen LogP contribution >= 0.6 is 11.8 Å². The van der Waals surface area contributed by atoms with Gasteiger partial charge in [0.1, 0.15) is 0 Å². The van der Waals surface area contributed by atoms with Crippen LogP contribution in [0.4, 0.5) is 0 Å². The Morgan fingerprint density at radius 1 is 1.41 bits per heavy atom. The van der Waals surface area contributed by atoms with Crippen molar-refractivity contribution in [3.8, 4) is 0 Å². The van der Waals surface area contributed by atoms with Crippen LogP contribution in [-0.2, 0) is 7.05 Å². The van der Waals surface area contributed by atoms with Crippen LogP contribution in [0.3, 0.4) is 0 Å². The molecule has 0 saturated carbocycles. The number of aromatic nitrogens is 3. The summed E-state index contributed by atoms with van der Waals surface area (Å²) in [7, 11) is 1.69. The molecule has 1 aromatic carbocycles. The Morgan fingerprint density at radius 2 is 2.06 bits per heavy atom. The Labute approximate surface area is 103 Å². The summed E-state index contributed by atoms with van der Waals surface area (Å²) < 4.78 is 1.48. The third-order valence-corrected chi connectivity index (χ3v) is 3.51. The zero-order valence-corrected chi connectivity index (χ0v) is 10.5. The summed E-state index contributed by atoms with van der Waals surface area (Å²) in [5.41, 5.74) is 6.65. The van der Waals surface area contributed by atoms with Crippen LogP contribution in [0.1, 0.15) is 18.5 Å². The highest BCUT2D eigenvalue weighted by Crippen LogP contribution is 2.25. The minimum Gasteiger partial charge on any atom is -0.324 e. The van der Waals surface area contributed by atoms with Gasteiger partial charge in [-0.15, -0.1) is 5.10 Å². The maximum absolute atomic E-state index is 11.2. The third-order valence-electron chi connectivity index (χ3n) is 2.45. The van der Waals surface area contributed by atoms with Crippen molar-refractivity contribution in [3.63, 3.8) is 0 Å². The van der Waals surface area contributed by atoms with E-state index >= 15 is 0 Å². The Kier molecular flexibility index (Phi) is 3.35. The van der Waals surface area contributed by atoms with Gasteiger partial charge < -0.3 is 5.73 Å². The van der Waals surface area contributed by atoms with E-state index in [9.17, 15) is 4.79 Å². The molecule has 17 heavy (non-hydrogen) atoms. The number of nitrogens with one attached hydrogen (secondary N) is 1. The first-order valence-corrected chi connectivity index (χ1v) is 6.04. The van der Waals surface area contributed by atoms with Crippen molar-refractivity contribution in [1.82, 2.24) is 14.8 Å². The Bertz CT molecular complexity index is 556. The molecule has 5 nitrogen and oxygen atoms in total. The Balaban J connectivity index is 2.19. The average molecular weight is 250 g/mol. The lowest BCUT2D eigenvalue weighted by Gasteiger charge is -2.06. The first-order chi connectivity index (χ1) is 8.08. The van der Waals surface area contributed by atoms with Crippen molar-refractivity contribution in [3.05, 3.63) is 40.3 Å². The second-order valence-corrected chi connectivity index (χ2v) is 4.87. The predicted octanol–water partition coefficient (Wildman–Crippen LogP) is 1.28. The molecule has 0 bridgehead atoms. The fourth-order valence-electron chi connectivity index (χ4n) is 1.37. The number of H-pyrrole nitrogens is 1. The van der Waals surface area contributed by atoms with Crippen LogP contribution in [-0.4, -0.2) is 14.8 Å². The lowest BCUT2D eigenvalue weighted by atomic mass is 10.1. The summed E-state index contributed by atoms with van der Waals surface area (Å²) in [5, 5.41) is 6.98. The summed E-state index contributed by atoms with van der Waals surface area (Å²) >= 11 is 1.44. The smallest absolute Gasteiger partial charge is 0.324 e. The molecule has 0 aliphatic heterocycles. The van der Waals surface area contributed by atoms with E-state index in [0.717, 1.165) is 10.5 Å². The first kappa shape index (κ1) is 11.9. The van der Waals surface area contributed by atoms with E-state index in [0.29, 0.717) is 5.16 Å². The van der Waals surface area contributed by atoms with Gasteiger partial charge in [0.2, 0.25) is 0 Å². The Hall–Kier alpha value is -1.53. The number of benzene rings is 1. The van der Waals surface area contributed by atoms with Crippen LogP contribution in [0.2, 0.25) is 0 Å². The zero-order valence-electron chi connectivity index (χ0n) is 9.68. The molecular weight excluding hydrogens is 236 g/mol. The largest absolute Gasteiger partial charge is 0.343 e. The molecule has 1 atom stereocenters. The molecule has 0 unspecified atom stereocenters. The molecular formula is C11H14N4OS. The molecule has 0 fully saturated rings. The maximum atomic E-state index is 11.2. The fraction of sp³-hybridized carbons (Fsp3) is 0.273. The number of rotatable bonds is 3. The van der Waals surface area contributed by atoms with E-state index in [1.807, 2.05) is 31.2 Å². The molecule has 0 radical (unpaired) electrons. The topological polar surface area (TPSA) is 76.7 Å². The molecule has 1 aromatic heterocycles. The monoisotopic (exact) mass is 250 g/mol. The van der Waals surface area contributed by atoms with E-state index in [-0.39, 0.29) is 11.7 Å². The van der Waals surface area contributed by atoms with Gasteiger partial charge in [-0.05, 0) is 36.4 Å². The summed E-state index contributed by atoms with van der Waals surface area (Å²) in [5.74, 6) is 0. The molecule has 2 aromatic rings. The second-order valence-electron chi connectivity index (χ2n) is 3.83. The van der Waals surface area contributed by atoms with Crippen LogP contribution in [0, 0.1) is 0 Å². The predicted molar refractivity (Wildman–Crippen MR) is 67.0 cm³/mol. The highest BCUT2D eigenvalue weighted by molar-refractivity contribution is 7.99. The van der Waals surface area contributed by atoms with Crippen molar-refractivity contribution < 1.29 is 0 Å². The lowest BCUT2D eigenvalue weighted by Crippen LogP contribution is -2.12. The lowest BCUT2D eigenvalue weighted by molar-refractivity contribution is 0.766. The summed E-state index contributed by atoms with van der Waals surface area (Å²) in [6, 6.07) is 7.95. The molecule has 90 valence electrons. The van der Waals surface area contributed by atoms with Gasteiger partial charge >= 0.3 is 5.69 Å². The zero-order chi connectivity index (χ0) is 12.4. The number of hydrogen-bond acceptors (Lipinski definition) is 4. The fourth-order valence-corrected chi connectivity index (χ4v) is 2.16. The average Bonchev–Trinajstić information content (AvgIpc) is 2.62. The van der Waals surface area contributed by atoms with Crippen LogP contribution in [0.15, 0.2) is 39.1 Å². The van der Waals surface area contributed by atoms with E-state index in [4.69, 9.17) is 5.73 Å². The van der Waals surface area contributed by atoms with E-state index < -0.39 is 0 Å². The molecule has 0 amide bonds. The molecule has 0 spiro atoms. The van der Waals surface area contributed by atoms with Gasteiger partial charge in [0.15, 0.2) is 5.16 Å². The third kappa shape index (κ3) is 2.59. The van der Waals surface area contributed by atoms with Gasteiger partial charge in [-0.25, -0.2) is 9.89 Å². The minimum atomic E-state index is -0.209. The molecule has 1 heterocycles. The molecule has 0 aliphatic carbocycles. The summed E-state index contributed by atoms with van der Waals surface area (Å²) in [6.45, 7) is 1.94. The van der Waals surface area contributed by atoms with Crippen molar-refractivity contribution in [1.29, 1.82) is 0 Å². The number of nitrogens with two attached hydrogens (primary N) is 1. The SMILES string of the molecule is C[C@@H](N)c1ccc(Sc2n[nH]c(=O)n2C)cc1. The van der Waals surface area contributed by atoms with E-state index in [2.05, 4.69) is 10.2 Å². The minimum absolute atomic E-state index is 0.0313. The molecule has 3 N–H and O–H groups in total. The first-order valence-electron chi connectivity index (χ1n) is 5.22. The van der Waals surface area contributed by atoms with Gasteiger partial charge in [0.25, 0.3) is 0 Å². The van der Waals surface area contributed by atoms with Gasteiger partial charge in [-0.3, -0.25) is 4.57 Å². The van der Waals surface area contributed by atoms with Crippen molar-refractivity contribution >= 4 is 11.8 Å². The highest BCUT2D eigenvalue weighted by atomic mass is 32.2. The molecule has 2 rings (SSSR count). The summed E-state index contributed by atoms with van der Waals surface area (Å²) in [4.78, 5) is 12.2. The van der Waals surface area contributed by atoms with E-state index in [1.54, 1.807) is 7.05 Å². The van der Waals surface area contributed by atoms with Crippen molar-refractivity contribution in [2.45, 2.75) is 23.0 Å². The van der Waals surface area contributed by atoms with Crippen LogP contribution in [0.25, 0.3) is 0 Å². The number of nitrogens with zero attached hydrogens (tertiary/aromatic N) is 2.